The van der Waals surface area contributed by atoms with Crippen LogP contribution in [0.15, 0.2) is 30.6 Å². The maximum atomic E-state index is 4.27. The molecule has 5 heteroatoms. The number of rotatable bonds is 6. The van der Waals surface area contributed by atoms with Crippen molar-refractivity contribution in [1.29, 1.82) is 0 Å². The number of aromatic nitrogens is 3. The Bertz CT molecular complexity index is 615. The predicted octanol–water partition coefficient (Wildman–Crippen LogP) is 3.19. The third-order valence-electron chi connectivity index (χ3n) is 4.88. The van der Waals surface area contributed by atoms with Gasteiger partial charge in [0.25, 0.3) is 0 Å². The van der Waals surface area contributed by atoms with Crippen molar-refractivity contribution in [1.82, 2.24) is 19.7 Å². The monoisotopic (exact) mass is 313 g/mol. The first-order valence-corrected chi connectivity index (χ1v) is 8.59. The Morgan fingerprint density at radius 1 is 1.22 bits per heavy atom. The third-order valence-corrected chi connectivity index (χ3v) is 4.88. The van der Waals surface area contributed by atoms with Gasteiger partial charge < -0.3 is 5.32 Å². The van der Waals surface area contributed by atoms with Crippen LogP contribution in [0, 0.1) is 0 Å². The van der Waals surface area contributed by atoms with Crippen LogP contribution in [-0.2, 0) is 20.1 Å². The lowest BCUT2D eigenvalue weighted by Gasteiger charge is -2.31. The summed E-state index contributed by atoms with van der Waals surface area (Å²) in [7, 11) is 4.18. The standard InChI is InChI=1S/C18H27N5/c1-22(16-9-4-3-5-10-16)13-15-8-6-7-11-17(15)19-12-18-20-14-21-23(18)2/h6-8,11,14,16,19H,3-5,9-10,12-13H2,1-2H3. The molecule has 0 unspecified atom stereocenters. The maximum absolute atomic E-state index is 4.27. The van der Waals surface area contributed by atoms with Gasteiger partial charge in [0.1, 0.15) is 12.2 Å². The number of para-hydroxylation sites is 1. The largest absolute Gasteiger partial charge is 0.377 e. The van der Waals surface area contributed by atoms with Crippen LogP contribution in [0.1, 0.15) is 43.5 Å². The predicted molar refractivity (Wildman–Crippen MR) is 93.1 cm³/mol. The fraction of sp³-hybridized carbons (Fsp3) is 0.556. The van der Waals surface area contributed by atoms with E-state index in [0.717, 1.165) is 18.4 Å². The molecule has 1 saturated carbocycles. The highest BCUT2D eigenvalue weighted by atomic mass is 15.3. The average Bonchev–Trinajstić information content (AvgIpc) is 3.00. The van der Waals surface area contributed by atoms with E-state index in [1.165, 1.54) is 43.4 Å². The number of benzene rings is 1. The van der Waals surface area contributed by atoms with Gasteiger partial charge in [-0.1, -0.05) is 37.5 Å². The fourth-order valence-electron chi connectivity index (χ4n) is 3.40. The van der Waals surface area contributed by atoms with Crippen LogP contribution in [0.5, 0.6) is 0 Å². The zero-order valence-electron chi connectivity index (χ0n) is 14.2. The molecule has 0 radical (unpaired) electrons. The Morgan fingerprint density at radius 2 is 2.00 bits per heavy atom. The number of aryl methyl sites for hydroxylation is 1. The number of nitrogens with one attached hydrogen (secondary N) is 1. The molecule has 2 aromatic rings. The molecule has 0 amide bonds. The van der Waals surface area contributed by atoms with Gasteiger partial charge in [-0.2, -0.15) is 5.10 Å². The molecule has 1 aliphatic rings. The van der Waals surface area contributed by atoms with E-state index in [9.17, 15) is 0 Å². The van der Waals surface area contributed by atoms with E-state index in [4.69, 9.17) is 0 Å². The minimum absolute atomic E-state index is 0.695. The average molecular weight is 313 g/mol. The minimum Gasteiger partial charge on any atom is -0.377 e. The number of hydrogen-bond acceptors (Lipinski definition) is 4. The smallest absolute Gasteiger partial charge is 0.145 e. The highest BCUT2D eigenvalue weighted by Gasteiger charge is 2.18. The molecule has 0 aliphatic heterocycles. The first kappa shape index (κ1) is 16.0. The van der Waals surface area contributed by atoms with Gasteiger partial charge in [0.05, 0.1) is 6.54 Å². The van der Waals surface area contributed by atoms with E-state index in [1.54, 1.807) is 6.33 Å². The van der Waals surface area contributed by atoms with Crippen molar-refractivity contribution in [2.75, 3.05) is 12.4 Å². The van der Waals surface area contributed by atoms with Gasteiger partial charge in [-0.25, -0.2) is 4.98 Å². The summed E-state index contributed by atoms with van der Waals surface area (Å²) in [5.74, 6) is 0.945. The van der Waals surface area contributed by atoms with Crippen LogP contribution >= 0.6 is 0 Å². The summed E-state index contributed by atoms with van der Waals surface area (Å²) in [4.78, 5) is 6.79. The van der Waals surface area contributed by atoms with Crippen molar-refractivity contribution in [3.63, 3.8) is 0 Å². The van der Waals surface area contributed by atoms with Crippen molar-refractivity contribution < 1.29 is 0 Å². The van der Waals surface area contributed by atoms with Crippen LogP contribution in [0.2, 0.25) is 0 Å². The zero-order valence-corrected chi connectivity index (χ0v) is 14.2. The number of anilines is 1. The highest BCUT2D eigenvalue weighted by Crippen LogP contribution is 2.25. The Kier molecular flexibility index (Phi) is 5.28. The first-order valence-electron chi connectivity index (χ1n) is 8.59. The normalized spacial score (nSPS) is 16.0. The summed E-state index contributed by atoms with van der Waals surface area (Å²) in [6.07, 6.45) is 8.43. The van der Waals surface area contributed by atoms with E-state index in [2.05, 4.69) is 51.6 Å². The quantitative estimate of drug-likeness (QED) is 0.889. The number of nitrogens with zero attached hydrogens (tertiary/aromatic N) is 4. The molecule has 0 bridgehead atoms. The van der Waals surface area contributed by atoms with Crippen molar-refractivity contribution in [2.24, 2.45) is 7.05 Å². The van der Waals surface area contributed by atoms with Gasteiger partial charge in [0.15, 0.2) is 0 Å². The van der Waals surface area contributed by atoms with Crippen molar-refractivity contribution in [3.05, 3.63) is 42.0 Å². The summed E-state index contributed by atoms with van der Waals surface area (Å²) in [6.45, 7) is 1.69. The maximum Gasteiger partial charge on any atom is 0.145 e. The molecule has 1 N–H and O–H groups in total. The van der Waals surface area contributed by atoms with Gasteiger partial charge in [0.2, 0.25) is 0 Å². The molecule has 124 valence electrons. The van der Waals surface area contributed by atoms with Crippen LogP contribution in [0.3, 0.4) is 0 Å². The highest BCUT2D eigenvalue weighted by molar-refractivity contribution is 5.51. The molecule has 23 heavy (non-hydrogen) atoms. The van der Waals surface area contributed by atoms with E-state index in [-0.39, 0.29) is 0 Å². The molecule has 1 fully saturated rings. The summed E-state index contributed by atoms with van der Waals surface area (Å²) in [6, 6.07) is 9.31. The van der Waals surface area contributed by atoms with Gasteiger partial charge in [0, 0.05) is 25.3 Å². The summed E-state index contributed by atoms with van der Waals surface area (Å²) < 4.78 is 1.81. The molecule has 1 aromatic heterocycles. The Balaban J connectivity index is 1.64. The Hall–Kier alpha value is -1.88. The number of hydrogen-bond donors (Lipinski definition) is 1. The summed E-state index contributed by atoms with van der Waals surface area (Å²) in [5, 5.41) is 7.63. The Morgan fingerprint density at radius 3 is 2.74 bits per heavy atom. The van der Waals surface area contributed by atoms with Crippen LogP contribution in [-0.4, -0.2) is 32.8 Å². The van der Waals surface area contributed by atoms with E-state index >= 15 is 0 Å². The van der Waals surface area contributed by atoms with Gasteiger partial charge in [-0.15, -0.1) is 0 Å². The lowest BCUT2D eigenvalue weighted by Crippen LogP contribution is -2.33. The van der Waals surface area contributed by atoms with Crippen molar-refractivity contribution in [2.45, 2.75) is 51.2 Å². The van der Waals surface area contributed by atoms with E-state index in [1.807, 2.05) is 11.7 Å². The minimum atomic E-state index is 0.695. The molecule has 0 atom stereocenters. The molecule has 0 spiro atoms. The van der Waals surface area contributed by atoms with Crippen LogP contribution in [0.4, 0.5) is 5.69 Å². The molecular weight excluding hydrogens is 286 g/mol. The molecular formula is C18H27N5. The fourth-order valence-corrected chi connectivity index (χ4v) is 3.40. The van der Waals surface area contributed by atoms with E-state index in [0.29, 0.717) is 6.54 Å². The van der Waals surface area contributed by atoms with Crippen LogP contribution in [0.25, 0.3) is 0 Å². The molecule has 3 rings (SSSR count). The lowest BCUT2D eigenvalue weighted by molar-refractivity contribution is 0.185. The SMILES string of the molecule is CN(Cc1ccccc1NCc1ncnn1C)C1CCCCC1. The molecule has 1 heterocycles. The second kappa shape index (κ2) is 7.59. The second-order valence-electron chi connectivity index (χ2n) is 6.52. The summed E-state index contributed by atoms with van der Waals surface area (Å²) in [5.41, 5.74) is 2.54. The first-order chi connectivity index (χ1) is 11.2. The van der Waals surface area contributed by atoms with Crippen molar-refractivity contribution in [3.8, 4) is 0 Å². The Labute approximate surface area is 138 Å². The summed E-state index contributed by atoms with van der Waals surface area (Å²) >= 11 is 0. The van der Waals surface area contributed by atoms with Crippen LogP contribution < -0.4 is 5.32 Å². The topological polar surface area (TPSA) is 46.0 Å². The lowest BCUT2D eigenvalue weighted by atomic mass is 9.94. The van der Waals surface area contributed by atoms with Crippen molar-refractivity contribution >= 4 is 5.69 Å². The van der Waals surface area contributed by atoms with Gasteiger partial charge in [-0.05, 0) is 31.5 Å². The molecule has 1 aromatic carbocycles. The molecule has 0 saturated heterocycles. The van der Waals surface area contributed by atoms with Gasteiger partial charge >= 0.3 is 0 Å². The third kappa shape index (κ3) is 4.10. The molecule has 5 nitrogen and oxygen atoms in total. The zero-order chi connectivity index (χ0) is 16.1. The van der Waals surface area contributed by atoms with Gasteiger partial charge in [-0.3, -0.25) is 9.58 Å². The molecule has 1 aliphatic carbocycles. The second-order valence-corrected chi connectivity index (χ2v) is 6.52. The van der Waals surface area contributed by atoms with E-state index < -0.39 is 0 Å².